The zero-order valence-electron chi connectivity index (χ0n) is 8.68. The number of halogens is 1. The summed E-state index contributed by atoms with van der Waals surface area (Å²) in [4.78, 5) is 20.5. The van der Waals surface area contributed by atoms with Crippen molar-refractivity contribution in [3.8, 4) is 5.75 Å². The molecule has 0 aliphatic rings. The Morgan fingerprint density at radius 2 is 2.12 bits per heavy atom. The molecular formula is C10H8BrNO5. The predicted molar refractivity (Wildman–Crippen MR) is 63.7 cm³/mol. The molecule has 0 heterocycles. The number of nitro benzene ring substituents is 1. The molecule has 0 aliphatic heterocycles. The van der Waals surface area contributed by atoms with E-state index in [0.717, 1.165) is 12.1 Å². The number of hydrogen-bond acceptors (Lipinski definition) is 4. The van der Waals surface area contributed by atoms with Crippen LogP contribution in [-0.4, -0.2) is 21.1 Å². The number of benzene rings is 1. The Balaban J connectivity index is 3.40. The molecular weight excluding hydrogens is 294 g/mol. The first-order chi connectivity index (χ1) is 7.82. The van der Waals surface area contributed by atoms with Crippen molar-refractivity contribution in [2.24, 2.45) is 0 Å². The Hall–Kier alpha value is -1.89. The largest absolute Gasteiger partial charge is 0.502 e. The van der Waals surface area contributed by atoms with Crippen LogP contribution in [0.2, 0.25) is 0 Å². The molecule has 1 aromatic carbocycles. The van der Waals surface area contributed by atoms with Crippen molar-refractivity contribution in [3.05, 3.63) is 37.9 Å². The van der Waals surface area contributed by atoms with E-state index in [-0.39, 0.29) is 11.1 Å². The molecule has 7 heteroatoms. The third-order valence-corrected chi connectivity index (χ3v) is 2.45. The molecule has 0 amide bonds. The van der Waals surface area contributed by atoms with Crippen LogP contribution in [-0.2, 0) is 4.79 Å². The van der Waals surface area contributed by atoms with E-state index in [9.17, 15) is 20.0 Å². The maximum absolute atomic E-state index is 10.6. The summed E-state index contributed by atoms with van der Waals surface area (Å²) in [5, 5.41) is 28.9. The number of rotatable bonds is 3. The van der Waals surface area contributed by atoms with Gasteiger partial charge >= 0.3 is 11.7 Å². The quantitative estimate of drug-likeness (QED) is 0.507. The highest BCUT2D eigenvalue weighted by atomic mass is 79.9. The maximum Gasteiger partial charge on any atom is 0.331 e. The molecule has 0 saturated carbocycles. The number of phenols is 1. The molecule has 17 heavy (non-hydrogen) atoms. The number of nitrogens with zero attached hydrogens (tertiary/aromatic N) is 1. The van der Waals surface area contributed by atoms with Gasteiger partial charge in [0.2, 0.25) is 5.75 Å². The number of hydrogen-bond donors (Lipinski definition) is 2. The molecule has 0 saturated heterocycles. The highest BCUT2D eigenvalue weighted by Crippen LogP contribution is 2.34. The lowest BCUT2D eigenvalue weighted by atomic mass is 10.1. The van der Waals surface area contributed by atoms with Crippen LogP contribution < -0.4 is 0 Å². The summed E-state index contributed by atoms with van der Waals surface area (Å²) in [6, 6.07) is 2.54. The molecule has 1 rings (SSSR count). The number of aromatic hydroxyl groups is 1. The monoisotopic (exact) mass is 301 g/mol. The van der Waals surface area contributed by atoms with Gasteiger partial charge in [-0.15, -0.1) is 0 Å². The summed E-state index contributed by atoms with van der Waals surface area (Å²) < 4.78 is 0.381. The minimum atomic E-state index is -1.16. The van der Waals surface area contributed by atoms with Gasteiger partial charge in [-0.2, -0.15) is 0 Å². The van der Waals surface area contributed by atoms with Gasteiger partial charge in [0.15, 0.2) is 0 Å². The molecule has 6 nitrogen and oxygen atoms in total. The number of carboxylic acids is 1. The molecule has 0 aliphatic carbocycles. The standard InChI is InChI=1S/C10H8BrNO5/c1-5(10(14)15)2-6-3-7(11)4-8(9(6)13)12(16)17/h2-4,13H,1H3,(H,14,15)/b5-2+. The van der Waals surface area contributed by atoms with Gasteiger partial charge in [0.1, 0.15) is 0 Å². The minimum Gasteiger partial charge on any atom is -0.502 e. The van der Waals surface area contributed by atoms with E-state index in [1.165, 1.54) is 13.0 Å². The normalized spacial score (nSPS) is 11.3. The van der Waals surface area contributed by atoms with E-state index < -0.39 is 22.3 Å². The van der Waals surface area contributed by atoms with Crippen LogP contribution in [0.3, 0.4) is 0 Å². The summed E-state index contributed by atoms with van der Waals surface area (Å²) in [7, 11) is 0. The average Bonchev–Trinajstić information content (AvgIpc) is 2.22. The van der Waals surface area contributed by atoms with Gasteiger partial charge in [0.05, 0.1) is 4.92 Å². The zero-order valence-corrected chi connectivity index (χ0v) is 10.3. The van der Waals surface area contributed by atoms with E-state index in [4.69, 9.17) is 5.11 Å². The van der Waals surface area contributed by atoms with E-state index >= 15 is 0 Å². The first kappa shape index (κ1) is 13.2. The van der Waals surface area contributed by atoms with E-state index in [1.807, 2.05) is 0 Å². The predicted octanol–water partition coefficient (Wildman–Crippen LogP) is 2.55. The van der Waals surface area contributed by atoms with Crippen LogP contribution in [0.4, 0.5) is 5.69 Å². The summed E-state index contributed by atoms with van der Waals surface area (Å²) in [5.74, 6) is -1.72. The Bertz CT molecular complexity index is 524. The molecule has 0 bridgehead atoms. The Morgan fingerprint density at radius 1 is 1.53 bits per heavy atom. The summed E-state index contributed by atoms with van der Waals surface area (Å²) >= 11 is 3.05. The maximum atomic E-state index is 10.6. The fraction of sp³-hybridized carbons (Fsp3) is 0.100. The number of carboxylic acid groups (broad SMARTS) is 1. The highest BCUT2D eigenvalue weighted by molar-refractivity contribution is 9.10. The van der Waals surface area contributed by atoms with Crippen molar-refractivity contribution in [2.45, 2.75) is 6.92 Å². The Labute approximate surface area is 104 Å². The highest BCUT2D eigenvalue weighted by Gasteiger charge is 2.18. The van der Waals surface area contributed by atoms with Crippen LogP contribution in [0, 0.1) is 10.1 Å². The fourth-order valence-corrected chi connectivity index (χ4v) is 1.61. The Kier molecular flexibility index (Phi) is 3.84. The van der Waals surface area contributed by atoms with Crippen LogP contribution >= 0.6 is 15.9 Å². The smallest absolute Gasteiger partial charge is 0.331 e. The van der Waals surface area contributed by atoms with E-state index in [0.29, 0.717) is 4.47 Å². The molecule has 0 radical (unpaired) electrons. The summed E-state index contributed by atoms with van der Waals surface area (Å²) in [6.45, 7) is 1.33. The average molecular weight is 302 g/mol. The second-order valence-electron chi connectivity index (χ2n) is 3.25. The summed E-state index contributed by atoms with van der Waals surface area (Å²) in [5.41, 5.74) is -0.442. The number of aliphatic carboxylic acids is 1. The van der Waals surface area contributed by atoms with Crippen LogP contribution in [0.5, 0.6) is 5.75 Å². The SMILES string of the molecule is C/C(=C\c1cc(Br)cc([N+](=O)[O-])c1O)C(=O)O. The topological polar surface area (TPSA) is 101 Å². The lowest BCUT2D eigenvalue weighted by Crippen LogP contribution is -1.96. The molecule has 0 aromatic heterocycles. The van der Waals surface area contributed by atoms with Crippen LogP contribution in [0.1, 0.15) is 12.5 Å². The van der Waals surface area contributed by atoms with Crippen molar-refractivity contribution >= 4 is 33.7 Å². The molecule has 1 aromatic rings. The summed E-state index contributed by atoms with van der Waals surface area (Å²) in [6.07, 6.45) is 1.16. The molecule has 0 unspecified atom stereocenters. The van der Waals surface area contributed by atoms with Gasteiger partial charge < -0.3 is 10.2 Å². The van der Waals surface area contributed by atoms with Gasteiger partial charge in [-0.05, 0) is 19.1 Å². The van der Waals surface area contributed by atoms with Gasteiger partial charge in [-0.25, -0.2) is 4.79 Å². The minimum absolute atomic E-state index is 0.0345. The van der Waals surface area contributed by atoms with Crippen LogP contribution in [0.15, 0.2) is 22.2 Å². The fourth-order valence-electron chi connectivity index (χ4n) is 1.15. The number of carbonyl (C=O) groups is 1. The van der Waals surface area contributed by atoms with Crippen molar-refractivity contribution in [2.75, 3.05) is 0 Å². The van der Waals surface area contributed by atoms with Gasteiger partial charge in [0, 0.05) is 21.7 Å². The zero-order chi connectivity index (χ0) is 13.2. The van der Waals surface area contributed by atoms with Gasteiger partial charge in [-0.3, -0.25) is 10.1 Å². The van der Waals surface area contributed by atoms with Crippen LogP contribution in [0.25, 0.3) is 6.08 Å². The molecule has 2 N–H and O–H groups in total. The third kappa shape index (κ3) is 3.04. The number of phenolic OH excluding ortho intramolecular Hbond substituents is 1. The van der Waals surface area contributed by atoms with Gasteiger partial charge in [-0.1, -0.05) is 15.9 Å². The van der Waals surface area contributed by atoms with Gasteiger partial charge in [0.25, 0.3) is 0 Å². The lowest BCUT2D eigenvalue weighted by Gasteiger charge is -2.02. The molecule has 0 atom stereocenters. The van der Waals surface area contributed by atoms with Crippen molar-refractivity contribution in [1.29, 1.82) is 0 Å². The second-order valence-corrected chi connectivity index (χ2v) is 4.17. The van der Waals surface area contributed by atoms with Crippen molar-refractivity contribution in [3.63, 3.8) is 0 Å². The lowest BCUT2D eigenvalue weighted by molar-refractivity contribution is -0.385. The first-order valence-corrected chi connectivity index (χ1v) is 5.20. The second kappa shape index (κ2) is 4.96. The third-order valence-electron chi connectivity index (χ3n) is 1.99. The van der Waals surface area contributed by atoms with Crippen molar-refractivity contribution in [1.82, 2.24) is 0 Å². The number of nitro groups is 1. The molecule has 0 spiro atoms. The Morgan fingerprint density at radius 3 is 2.59 bits per heavy atom. The molecule has 90 valence electrons. The van der Waals surface area contributed by atoms with E-state index in [1.54, 1.807) is 0 Å². The van der Waals surface area contributed by atoms with E-state index in [2.05, 4.69) is 15.9 Å². The molecule has 0 fully saturated rings. The first-order valence-electron chi connectivity index (χ1n) is 4.41. The van der Waals surface area contributed by atoms with Crippen molar-refractivity contribution < 1.29 is 19.9 Å².